The molecule has 1 aromatic heterocycles. The number of nitrogens with zero attached hydrogens (tertiary/aromatic N) is 1. The van der Waals surface area contributed by atoms with E-state index in [0.717, 1.165) is 12.1 Å². The Morgan fingerprint density at radius 2 is 1.76 bits per heavy atom. The van der Waals surface area contributed by atoms with E-state index in [4.69, 9.17) is 0 Å². The number of fused-ring (bicyclic) bond motifs is 1. The lowest BCUT2D eigenvalue weighted by atomic mass is 9.93. The number of unbranched alkanes of at least 4 members (excludes halogenated alkanes) is 1. The number of pyridine rings is 1. The molecule has 2 aromatic carbocycles. The average molecular weight is 334 g/mol. The van der Waals surface area contributed by atoms with Gasteiger partial charge in [-0.15, -0.1) is 0 Å². The van der Waals surface area contributed by atoms with Gasteiger partial charge in [-0.3, -0.25) is 0 Å². The summed E-state index contributed by atoms with van der Waals surface area (Å²) in [6, 6.07) is 15.6. The number of aromatic nitrogens is 1. The van der Waals surface area contributed by atoms with Crippen LogP contribution in [0.1, 0.15) is 49.8 Å². The Morgan fingerprint density at radius 3 is 2.44 bits per heavy atom. The molecule has 1 fully saturated rings. The quantitative estimate of drug-likeness (QED) is 0.510. The third kappa shape index (κ3) is 2.95. The Bertz CT molecular complexity index is 908. The van der Waals surface area contributed by atoms with Crippen LogP contribution in [0.25, 0.3) is 22.0 Å². The molecule has 0 atom stereocenters. The maximum absolute atomic E-state index is 13.4. The summed E-state index contributed by atoms with van der Waals surface area (Å²) in [5.74, 6) is 0.503. The third-order valence-corrected chi connectivity index (χ3v) is 5.35. The molecule has 0 aliphatic heterocycles. The Hall–Kier alpha value is -2.22. The van der Waals surface area contributed by atoms with Gasteiger partial charge >= 0.3 is 0 Å². The highest BCUT2D eigenvalue weighted by molar-refractivity contribution is 5.94. The second-order valence-corrected chi connectivity index (χ2v) is 7.19. The van der Waals surface area contributed by atoms with Crippen LogP contribution in [0.4, 0.5) is 4.39 Å². The summed E-state index contributed by atoms with van der Waals surface area (Å²) in [7, 11) is 0. The van der Waals surface area contributed by atoms with E-state index >= 15 is 0 Å². The summed E-state index contributed by atoms with van der Waals surface area (Å²) >= 11 is 0. The lowest BCUT2D eigenvalue weighted by Crippen LogP contribution is -2.40. The maximum Gasteiger partial charge on any atom is 0.213 e. The first-order valence-corrected chi connectivity index (χ1v) is 9.41. The molecule has 1 heterocycles. The second-order valence-electron chi connectivity index (χ2n) is 7.19. The van der Waals surface area contributed by atoms with Gasteiger partial charge in [0.15, 0.2) is 5.69 Å². The molecule has 1 aliphatic rings. The molecule has 0 saturated heterocycles. The summed E-state index contributed by atoms with van der Waals surface area (Å²) in [5.41, 5.74) is 6.54. The number of aryl methyl sites for hydroxylation is 1. The summed E-state index contributed by atoms with van der Waals surface area (Å²) in [6.45, 7) is 5.58. The third-order valence-electron chi connectivity index (χ3n) is 5.35. The molecule has 1 nitrogen and oxygen atoms in total. The van der Waals surface area contributed by atoms with Crippen molar-refractivity contribution in [2.75, 3.05) is 0 Å². The average Bonchev–Trinajstić information content (AvgIpc) is 3.45. The van der Waals surface area contributed by atoms with E-state index in [1.165, 1.54) is 53.4 Å². The molecular weight excluding hydrogens is 309 g/mol. The second kappa shape index (κ2) is 6.59. The van der Waals surface area contributed by atoms with Crippen molar-refractivity contribution in [3.63, 3.8) is 0 Å². The minimum atomic E-state index is -0.179. The van der Waals surface area contributed by atoms with Crippen LogP contribution in [0.5, 0.6) is 0 Å². The minimum Gasteiger partial charge on any atom is -0.207 e. The first kappa shape index (κ1) is 16.3. The standard InChI is InChI=1S/C23H25FN/c1-3-4-15-25-21-8-6-5-7-20(21)22(16(2)23(25)18-9-10-18)17-11-13-19(24)14-12-17/h5-8,11-14,18H,3-4,9-10,15H2,1-2H3/q+1. The highest BCUT2D eigenvalue weighted by Gasteiger charge is 2.36. The lowest BCUT2D eigenvalue weighted by Gasteiger charge is -2.15. The highest BCUT2D eigenvalue weighted by atomic mass is 19.1. The Morgan fingerprint density at radius 1 is 1.04 bits per heavy atom. The van der Waals surface area contributed by atoms with E-state index in [2.05, 4.69) is 42.7 Å². The fraction of sp³-hybridized carbons (Fsp3) is 0.348. The molecular formula is C23H25FN+. The fourth-order valence-corrected chi connectivity index (χ4v) is 4.01. The Kier molecular flexibility index (Phi) is 4.29. The molecule has 3 aromatic rings. The molecule has 25 heavy (non-hydrogen) atoms. The Balaban J connectivity index is 2.02. The molecule has 1 saturated carbocycles. The van der Waals surface area contributed by atoms with Crippen LogP contribution < -0.4 is 4.57 Å². The molecule has 128 valence electrons. The van der Waals surface area contributed by atoms with Crippen molar-refractivity contribution in [3.8, 4) is 11.1 Å². The molecule has 0 spiro atoms. The zero-order valence-electron chi connectivity index (χ0n) is 15.1. The topological polar surface area (TPSA) is 3.88 Å². The van der Waals surface area contributed by atoms with E-state index in [9.17, 15) is 4.39 Å². The van der Waals surface area contributed by atoms with Gasteiger partial charge in [0, 0.05) is 29.5 Å². The van der Waals surface area contributed by atoms with E-state index in [1.807, 2.05) is 12.1 Å². The molecule has 0 radical (unpaired) electrons. The minimum absolute atomic E-state index is 0.179. The van der Waals surface area contributed by atoms with Gasteiger partial charge in [-0.05, 0) is 43.5 Å². The normalized spacial score (nSPS) is 14.2. The van der Waals surface area contributed by atoms with Gasteiger partial charge in [0.2, 0.25) is 5.52 Å². The molecule has 0 unspecified atom stereocenters. The number of hydrogen-bond acceptors (Lipinski definition) is 0. The zero-order valence-corrected chi connectivity index (χ0v) is 15.1. The van der Waals surface area contributed by atoms with Crippen molar-refractivity contribution in [2.24, 2.45) is 0 Å². The molecule has 0 N–H and O–H groups in total. The van der Waals surface area contributed by atoms with Gasteiger partial charge in [0.1, 0.15) is 12.4 Å². The fourth-order valence-electron chi connectivity index (χ4n) is 4.01. The first-order chi connectivity index (χ1) is 12.2. The van der Waals surface area contributed by atoms with Crippen LogP contribution in [-0.4, -0.2) is 0 Å². The van der Waals surface area contributed by atoms with E-state index in [1.54, 1.807) is 12.1 Å². The molecule has 0 amide bonds. The van der Waals surface area contributed by atoms with Gasteiger partial charge in [0.25, 0.3) is 0 Å². The van der Waals surface area contributed by atoms with E-state index < -0.39 is 0 Å². The van der Waals surface area contributed by atoms with Crippen LogP contribution in [0.3, 0.4) is 0 Å². The highest BCUT2D eigenvalue weighted by Crippen LogP contribution is 2.43. The number of rotatable bonds is 5. The van der Waals surface area contributed by atoms with Crippen molar-refractivity contribution < 1.29 is 8.96 Å². The number of halogens is 1. The maximum atomic E-state index is 13.4. The van der Waals surface area contributed by atoms with Crippen LogP contribution in [0.15, 0.2) is 48.5 Å². The van der Waals surface area contributed by atoms with Crippen LogP contribution in [-0.2, 0) is 6.54 Å². The van der Waals surface area contributed by atoms with Crippen LogP contribution in [0.2, 0.25) is 0 Å². The zero-order chi connectivity index (χ0) is 17.4. The summed E-state index contributed by atoms with van der Waals surface area (Å²) in [6.07, 6.45) is 4.97. The van der Waals surface area contributed by atoms with Crippen molar-refractivity contribution in [1.29, 1.82) is 0 Å². The summed E-state index contributed by atoms with van der Waals surface area (Å²) < 4.78 is 16.0. The van der Waals surface area contributed by atoms with Gasteiger partial charge in [-0.2, -0.15) is 4.57 Å². The van der Waals surface area contributed by atoms with E-state index in [0.29, 0.717) is 5.92 Å². The first-order valence-electron chi connectivity index (χ1n) is 9.41. The van der Waals surface area contributed by atoms with Crippen LogP contribution in [0, 0.1) is 12.7 Å². The van der Waals surface area contributed by atoms with Gasteiger partial charge in [0.05, 0.1) is 5.39 Å². The molecule has 4 rings (SSSR count). The van der Waals surface area contributed by atoms with Crippen molar-refractivity contribution >= 4 is 10.9 Å². The van der Waals surface area contributed by atoms with Crippen molar-refractivity contribution in [1.82, 2.24) is 0 Å². The SMILES string of the molecule is CCCC[n+]1c(C2CC2)c(C)c(-c2ccc(F)cc2)c2ccccc21. The van der Waals surface area contributed by atoms with E-state index in [-0.39, 0.29) is 5.82 Å². The van der Waals surface area contributed by atoms with Gasteiger partial charge in [-0.1, -0.05) is 37.6 Å². The number of para-hydroxylation sites is 1. The largest absolute Gasteiger partial charge is 0.213 e. The Labute approximate surface area is 149 Å². The molecule has 0 bridgehead atoms. The van der Waals surface area contributed by atoms with Crippen molar-refractivity contribution in [2.45, 2.75) is 52.0 Å². The summed E-state index contributed by atoms with van der Waals surface area (Å²) in [5, 5.41) is 1.27. The monoisotopic (exact) mass is 334 g/mol. The van der Waals surface area contributed by atoms with Crippen LogP contribution >= 0.6 is 0 Å². The number of benzene rings is 2. The predicted octanol–water partition coefficient (Wildman–Crippen LogP) is 5.92. The lowest BCUT2D eigenvalue weighted by molar-refractivity contribution is -0.679. The van der Waals surface area contributed by atoms with Gasteiger partial charge < -0.3 is 0 Å². The molecule has 2 heteroatoms. The summed E-state index contributed by atoms with van der Waals surface area (Å²) in [4.78, 5) is 0. The van der Waals surface area contributed by atoms with Crippen molar-refractivity contribution in [3.05, 3.63) is 65.6 Å². The smallest absolute Gasteiger partial charge is 0.207 e. The van der Waals surface area contributed by atoms with Gasteiger partial charge in [-0.25, -0.2) is 4.39 Å². The molecule has 1 aliphatic carbocycles. The number of hydrogen-bond donors (Lipinski definition) is 0. The predicted molar refractivity (Wildman–Crippen MR) is 101 cm³/mol.